The minimum Gasteiger partial charge on any atom is -0.342 e. The number of carbonyl (C=O) groups excluding carboxylic acids is 1. The van der Waals surface area contributed by atoms with Gasteiger partial charge in [0, 0.05) is 49.2 Å². The van der Waals surface area contributed by atoms with Crippen LogP contribution in [-0.2, 0) is 19.3 Å². The first-order chi connectivity index (χ1) is 19.7. The number of aryl methyl sites for hydroxylation is 2. The van der Waals surface area contributed by atoms with Crippen LogP contribution in [-0.4, -0.2) is 44.9 Å². The van der Waals surface area contributed by atoms with E-state index in [0.29, 0.717) is 24.5 Å². The Bertz CT molecular complexity index is 1460. The summed E-state index contributed by atoms with van der Waals surface area (Å²) >= 11 is 0. The van der Waals surface area contributed by atoms with Crippen molar-refractivity contribution in [1.29, 1.82) is 0 Å². The van der Waals surface area contributed by atoms with E-state index in [4.69, 9.17) is 4.98 Å². The standard InChI is InChI=1S/C32H34F3N5O/c1-22-7-6-10-27(19-22)37-31(41)40(20-24-8-4-3-5-9-24)28-15-17-39(18-16-28)21-29-23(2)36-30(38-29)25-11-13-26(14-12-25)32(33,34)35/h3-14,19,28H,15-18,20-21H2,1-2H3,(H,36,38)(H,37,41). The smallest absolute Gasteiger partial charge is 0.342 e. The molecule has 1 aromatic heterocycles. The summed E-state index contributed by atoms with van der Waals surface area (Å²) in [6.45, 7) is 6.69. The number of hydrogen-bond acceptors (Lipinski definition) is 3. The van der Waals surface area contributed by atoms with Gasteiger partial charge < -0.3 is 15.2 Å². The summed E-state index contributed by atoms with van der Waals surface area (Å²) in [4.78, 5) is 25.7. The van der Waals surface area contributed by atoms with Crippen molar-refractivity contribution in [1.82, 2.24) is 19.8 Å². The monoisotopic (exact) mass is 561 g/mol. The number of alkyl halides is 3. The lowest BCUT2D eigenvalue weighted by Gasteiger charge is -2.38. The third-order valence-electron chi connectivity index (χ3n) is 7.57. The molecule has 0 atom stereocenters. The van der Waals surface area contributed by atoms with Crippen LogP contribution in [0.4, 0.5) is 23.7 Å². The number of piperidine rings is 1. The fraction of sp³-hybridized carbons (Fsp3) is 0.312. The van der Waals surface area contributed by atoms with Crippen LogP contribution in [0.5, 0.6) is 0 Å². The highest BCUT2D eigenvalue weighted by molar-refractivity contribution is 5.89. The molecule has 2 heterocycles. The highest BCUT2D eigenvalue weighted by Crippen LogP contribution is 2.31. The van der Waals surface area contributed by atoms with Crippen LogP contribution in [0.15, 0.2) is 78.9 Å². The fourth-order valence-electron chi connectivity index (χ4n) is 5.27. The number of anilines is 1. The largest absolute Gasteiger partial charge is 0.416 e. The Morgan fingerprint density at radius 2 is 1.71 bits per heavy atom. The molecule has 1 aliphatic heterocycles. The highest BCUT2D eigenvalue weighted by atomic mass is 19.4. The summed E-state index contributed by atoms with van der Waals surface area (Å²) in [6, 6.07) is 22.8. The van der Waals surface area contributed by atoms with Gasteiger partial charge in [0.05, 0.1) is 11.3 Å². The van der Waals surface area contributed by atoms with Crippen molar-refractivity contribution < 1.29 is 18.0 Å². The van der Waals surface area contributed by atoms with Crippen LogP contribution < -0.4 is 5.32 Å². The first kappa shape index (κ1) is 28.4. The second kappa shape index (κ2) is 12.2. The maximum atomic E-state index is 13.5. The van der Waals surface area contributed by atoms with Gasteiger partial charge in [0.25, 0.3) is 0 Å². The minimum atomic E-state index is -4.37. The van der Waals surface area contributed by atoms with Gasteiger partial charge in [-0.25, -0.2) is 9.78 Å². The van der Waals surface area contributed by atoms with Crippen molar-refractivity contribution in [3.8, 4) is 11.4 Å². The Morgan fingerprint density at radius 1 is 1.00 bits per heavy atom. The van der Waals surface area contributed by atoms with Crippen LogP contribution in [0.25, 0.3) is 11.4 Å². The van der Waals surface area contributed by atoms with Gasteiger partial charge in [-0.15, -0.1) is 0 Å². The van der Waals surface area contributed by atoms with E-state index >= 15 is 0 Å². The number of H-pyrrole nitrogens is 1. The number of carbonyl (C=O) groups is 1. The summed E-state index contributed by atoms with van der Waals surface area (Å²) in [5.74, 6) is 0.558. The fourth-order valence-corrected chi connectivity index (χ4v) is 5.27. The Balaban J connectivity index is 1.24. The number of imidazole rings is 1. The number of nitrogens with one attached hydrogen (secondary N) is 2. The molecule has 4 aromatic rings. The molecule has 0 radical (unpaired) electrons. The zero-order valence-electron chi connectivity index (χ0n) is 23.2. The molecule has 0 spiro atoms. The average Bonchev–Trinajstić information content (AvgIpc) is 3.32. The second-order valence-corrected chi connectivity index (χ2v) is 10.7. The summed E-state index contributed by atoms with van der Waals surface area (Å²) in [6.07, 6.45) is -2.72. The number of benzene rings is 3. The molecule has 6 nitrogen and oxygen atoms in total. The number of hydrogen-bond donors (Lipinski definition) is 2. The number of likely N-dealkylation sites (tertiary alicyclic amines) is 1. The average molecular weight is 562 g/mol. The number of rotatable bonds is 7. The Labute approximate surface area is 238 Å². The van der Waals surface area contributed by atoms with E-state index in [1.807, 2.05) is 73.3 Å². The Hall–Kier alpha value is -4.11. The van der Waals surface area contributed by atoms with E-state index < -0.39 is 11.7 Å². The predicted molar refractivity (Wildman–Crippen MR) is 154 cm³/mol. The van der Waals surface area contributed by atoms with Crippen molar-refractivity contribution in [3.05, 3.63) is 107 Å². The van der Waals surface area contributed by atoms with Gasteiger partial charge in [-0.2, -0.15) is 13.2 Å². The molecular formula is C32H34F3N5O. The Kier molecular flexibility index (Phi) is 8.44. The van der Waals surface area contributed by atoms with Crippen LogP contribution in [0.2, 0.25) is 0 Å². The molecule has 0 bridgehead atoms. The summed E-state index contributed by atoms with van der Waals surface area (Å²) < 4.78 is 38.8. The van der Waals surface area contributed by atoms with E-state index in [1.165, 1.54) is 12.1 Å². The number of nitrogens with zero attached hydrogens (tertiary/aromatic N) is 3. The molecule has 41 heavy (non-hydrogen) atoms. The number of aromatic amines is 1. The van der Waals surface area contributed by atoms with Crippen molar-refractivity contribution in [2.45, 2.75) is 52.0 Å². The molecule has 1 aliphatic rings. The SMILES string of the molecule is Cc1cccc(NC(=O)N(Cc2ccccc2)C2CCN(Cc3nc(-c4ccc(C(F)(F)F)cc4)[nH]c3C)CC2)c1. The zero-order chi connectivity index (χ0) is 29.0. The first-order valence-corrected chi connectivity index (χ1v) is 13.8. The van der Waals surface area contributed by atoms with Gasteiger partial charge in [0.15, 0.2) is 0 Å². The van der Waals surface area contributed by atoms with Crippen LogP contribution in [0, 0.1) is 13.8 Å². The van der Waals surface area contributed by atoms with Crippen molar-refractivity contribution in [2.75, 3.05) is 18.4 Å². The molecule has 0 aliphatic carbocycles. The second-order valence-electron chi connectivity index (χ2n) is 10.7. The van der Waals surface area contributed by atoms with Gasteiger partial charge in [-0.1, -0.05) is 54.6 Å². The quantitative estimate of drug-likeness (QED) is 0.247. The zero-order valence-corrected chi connectivity index (χ0v) is 23.2. The predicted octanol–water partition coefficient (Wildman–Crippen LogP) is 7.41. The lowest BCUT2D eigenvalue weighted by Crippen LogP contribution is -2.48. The maximum absolute atomic E-state index is 13.5. The molecule has 9 heteroatoms. The molecule has 0 unspecified atom stereocenters. The van der Waals surface area contributed by atoms with Crippen LogP contribution >= 0.6 is 0 Å². The molecule has 2 amide bonds. The van der Waals surface area contributed by atoms with Crippen LogP contribution in [0.1, 0.15) is 40.9 Å². The number of halogens is 3. The molecule has 2 N–H and O–H groups in total. The molecule has 1 fully saturated rings. The molecule has 5 rings (SSSR count). The molecular weight excluding hydrogens is 527 g/mol. The van der Waals surface area contributed by atoms with E-state index in [0.717, 1.165) is 66.3 Å². The van der Waals surface area contributed by atoms with E-state index in [1.54, 1.807) is 0 Å². The lowest BCUT2D eigenvalue weighted by molar-refractivity contribution is -0.137. The van der Waals surface area contributed by atoms with Gasteiger partial charge in [-0.3, -0.25) is 4.90 Å². The summed E-state index contributed by atoms with van der Waals surface area (Å²) in [5.41, 5.74) is 4.65. The number of aromatic nitrogens is 2. The molecule has 214 valence electrons. The van der Waals surface area contributed by atoms with Gasteiger partial charge in [-0.05, 0) is 62.1 Å². The molecule has 1 saturated heterocycles. The van der Waals surface area contributed by atoms with E-state index in [-0.39, 0.29) is 12.1 Å². The third-order valence-corrected chi connectivity index (χ3v) is 7.57. The maximum Gasteiger partial charge on any atom is 0.416 e. The van der Waals surface area contributed by atoms with Gasteiger partial charge >= 0.3 is 12.2 Å². The Morgan fingerprint density at radius 3 is 2.37 bits per heavy atom. The van der Waals surface area contributed by atoms with Crippen molar-refractivity contribution in [3.63, 3.8) is 0 Å². The summed E-state index contributed by atoms with van der Waals surface area (Å²) in [5, 5.41) is 3.09. The highest BCUT2D eigenvalue weighted by Gasteiger charge is 2.31. The van der Waals surface area contributed by atoms with Gasteiger partial charge in [0.2, 0.25) is 0 Å². The number of urea groups is 1. The van der Waals surface area contributed by atoms with E-state index in [2.05, 4.69) is 15.2 Å². The van der Waals surface area contributed by atoms with Gasteiger partial charge in [0.1, 0.15) is 5.82 Å². The third kappa shape index (κ3) is 7.16. The topological polar surface area (TPSA) is 64.3 Å². The number of amides is 2. The van der Waals surface area contributed by atoms with E-state index in [9.17, 15) is 18.0 Å². The normalized spacial score (nSPS) is 14.7. The minimum absolute atomic E-state index is 0.0826. The molecule has 0 saturated carbocycles. The lowest BCUT2D eigenvalue weighted by atomic mass is 10.0. The summed E-state index contributed by atoms with van der Waals surface area (Å²) in [7, 11) is 0. The van der Waals surface area contributed by atoms with Crippen molar-refractivity contribution >= 4 is 11.7 Å². The molecule has 3 aromatic carbocycles. The first-order valence-electron chi connectivity index (χ1n) is 13.8. The van der Waals surface area contributed by atoms with Crippen LogP contribution in [0.3, 0.4) is 0 Å². The van der Waals surface area contributed by atoms with Crippen molar-refractivity contribution in [2.24, 2.45) is 0 Å².